The molecule has 132 valence electrons. The molecule has 1 aliphatic heterocycles. The topological polar surface area (TPSA) is 101 Å². The molecule has 0 unspecified atom stereocenters. The molecule has 1 atom stereocenters. The second-order valence-electron chi connectivity index (χ2n) is 6.28. The van der Waals surface area contributed by atoms with E-state index in [0.29, 0.717) is 25.1 Å². The van der Waals surface area contributed by atoms with E-state index in [1.54, 1.807) is 17.8 Å². The molecular weight excluding hydrogens is 334 g/mol. The summed E-state index contributed by atoms with van der Waals surface area (Å²) in [5, 5.41) is 18.4. The lowest BCUT2D eigenvalue weighted by Crippen LogP contribution is -2.40. The van der Waals surface area contributed by atoms with E-state index < -0.39 is 17.9 Å². The summed E-state index contributed by atoms with van der Waals surface area (Å²) < 4.78 is 1.58. The number of likely N-dealkylation sites (tertiary alicyclic amines) is 1. The predicted molar refractivity (Wildman–Crippen MR) is 93.1 cm³/mol. The van der Waals surface area contributed by atoms with Gasteiger partial charge < -0.3 is 10.0 Å². The fourth-order valence-electron chi connectivity index (χ4n) is 3.42. The number of aliphatic carboxylic acids is 1. The van der Waals surface area contributed by atoms with Gasteiger partial charge in [0.05, 0.1) is 16.9 Å². The predicted octanol–water partition coefficient (Wildman–Crippen LogP) is 1.81. The zero-order valence-electron chi connectivity index (χ0n) is 14.2. The van der Waals surface area contributed by atoms with Crippen LogP contribution in [-0.4, -0.2) is 54.4 Å². The Morgan fingerprint density at radius 2 is 2.04 bits per heavy atom. The Morgan fingerprint density at radius 3 is 2.85 bits per heavy atom. The maximum Gasteiger partial charge on any atom is 0.326 e. The van der Waals surface area contributed by atoms with E-state index in [1.807, 2.05) is 30.3 Å². The van der Waals surface area contributed by atoms with Crippen LogP contribution in [0.1, 0.15) is 29.0 Å². The number of amides is 1. The lowest BCUT2D eigenvalue weighted by atomic mass is 10.2. The molecular formula is C18H17N5O3. The third kappa shape index (κ3) is 2.50. The molecule has 1 saturated heterocycles. The van der Waals surface area contributed by atoms with E-state index >= 15 is 0 Å². The normalized spacial score (nSPS) is 17.0. The summed E-state index contributed by atoms with van der Waals surface area (Å²) in [6, 6.07) is 8.71. The maximum atomic E-state index is 12.8. The van der Waals surface area contributed by atoms with Crippen molar-refractivity contribution in [3.05, 3.63) is 47.9 Å². The maximum absolute atomic E-state index is 12.8. The molecule has 4 rings (SSSR count). The minimum absolute atomic E-state index is 0.172. The van der Waals surface area contributed by atoms with Gasteiger partial charge in [-0.3, -0.25) is 9.78 Å². The Morgan fingerprint density at radius 1 is 1.23 bits per heavy atom. The lowest BCUT2D eigenvalue weighted by Gasteiger charge is -2.20. The van der Waals surface area contributed by atoms with E-state index in [-0.39, 0.29) is 5.69 Å². The van der Waals surface area contributed by atoms with Gasteiger partial charge in [-0.15, -0.1) is 5.10 Å². The van der Waals surface area contributed by atoms with Crippen molar-refractivity contribution < 1.29 is 14.7 Å². The van der Waals surface area contributed by atoms with E-state index in [4.69, 9.17) is 0 Å². The highest BCUT2D eigenvalue weighted by Gasteiger charge is 2.36. The Bertz CT molecular complexity index is 1010. The molecule has 1 aliphatic rings. The number of benzene rings is 1. The van der Waals surface area contributed by atoms with E-state index in [1.165, 1.54) is 4.90 Å². The largest absolute Gasteiger partial charge is 0.480 e. The number of carboxylic acid groups (broad SMARTS) is 1. The van der Waals surface area contributed by atoms with Crippen molar-refractivity contribution in [3.63, 3.8) is 0 Å². The summed E-state index contributed by atoms with van der Waals surface area (Å²) in [5.74, 6) is -1.38. The Balaban J connectivity index is 1.75. The zero-order valence-corrected chi connectivity index (χ0v) is 14.2. The van der Waals surface area contributed by atoms with E-state index in [9.17, 15) is 14.7 Å². The standard InChI is InChI=1S/C18H17N5O3/c1-11-15(17(24)22-10-4-8-14(22)18(25)26)20-21-23(11)13-7-2-5-12-6-3-9-19-16(12)13/h2-3,5-7,9,14H,4,8,10H2,1H3,(H,25,26)/t14-/m1/s1. The third-order valence-electron chi connectivity index (χ3n) is 4.74. The SMILES string of the molecule is Cc1c(C(=O)N2CCC[C@@H]2C(=O)O)nnn1-c1cccc2cccnc12. The van der Waals surface area contributed by atoms with Crippen LogP contribution >= 0.6 is 0 Å². The first-order valence-electron chi connectivity index (χ1n) is 8.38. The minimum atomic E-state index is -0.987. The van der Waals surface area contributed by atoms with Crippen LogP contribution in [0.15, 0.2) is 36.5 Å². The van der Waals surface area contributed by atoms with Crippen LogP contribution in [0.4, 0.5) is 0 Å². The lowest BCUT2D eigenvalue weighted by molar-refractivity contribution is -0.141. The third-order valence-corrected chi connectivity index (χ3v) is 4.74. The van der Waals surface area contributed by atoms with Gasteiger partial charge in [0.2, 0.25) is 0 Å². The first kappa shape index (κ1) is 16.2. The van der Waals surface area contributed by atoms with E-state index in [2.05, 4.69) is 15.3 Å². The van der Waals surface area contributed by atoms with Gasteiger partial charge in [0.25, 0.3) is 5.91 Å². The summed E-state index contributed by atoms with van der Waals surface area (Å²) in [5.41, 5.74) is 2.21. The monoisotopic (exact) mass is 351 g/mol. The fourth-order valence-corrected chi connectivity index (χ4v) is 3.42. The second-order valence-corrected chi connectivity index (χ2v) is 6.28. The minimum Gasteiger partial charge on any atom is -0.480 e. The molecule has 8 heteroatoms. The summed E-state index contributed by atoms with van der Waals surface area (Å²) in [4.78, 5) is 30.0. The molecule has 0 bridgehead atoms. The van der Waals surface area contributed by atoms with Crippen molar-refractivity contribution in [3.8, 4) is 5.69 Å². The Hall–Kier alpha value is -3.29. The molecule has 0 radical (unpaired) electrons. The molecule has 1 aromatic carbocycles. The molecule has 0 spiro atoms. The number of para-hydroxylation sites is 1. The van der Waals surface area contributed by atoms with Crippen molar-refractivity contribution in [2.24, 2.45) is 0 Å². The molecule has 1 amide bonds. The van der Waals surface area contributed by atoms with Gasteiger partial charge in [-0.1, -0.05) is 23.4 Å². The summed E-state index contributed by atoms with van der Waals surface area (Å²) in [7, 11) is 0. The summed E-state index contributed by atoms with van der Waals surface area (Å²) >= 11 is 0. The quantitative estimate of drug-likeness (QED) is 0.772. The van der Waals surface area contributed by atoms with E-state index in [0.717, 1.165) is 16.6 Å². The van der Waals surface area contributed by atoms with Crippen LogP contribution in [0.25, 0.3) is 16.6 Å². The average molecular weight is 351 g/mol. The van der Waals surface area contributed by atoms with Crippen molar-refractivity contribution in [1.82, 2.24) is 24.9 Å². The first-order chi connectivity index (χ1) is 12.6. The number of carboxylic acids is 1. The number of aromatic nitrogens is 4. The smallest absolute Gasteiger partial charge is 0.326 e. The van der Waals surface area contributed by atoms with Gasteiger partial charge in [-0.25, -0.2) is 9.48 Å². The van der Waals surface area contributed by atoms with Crippen LogP contribution in [0.5, 0.6) is 0 Å². The van der Waals surface area contributed by atoms with Gasteiger partial charge >= 0.3 is 5.97 Å². The Kier molecular flexibility index (Phi) is 3.87. The zero-order chi connectivity index (χ0) is 18.3. The first-order valence-corrected chi connectivity index (χ1v) is 8.38. The highest BCUT2D eigenvalue weighted by molar-refractivity contribution is 5.96. The average Bonchev–Trinajstić information content (AvgIpc) is 3.28. The highest BCUT2D eigenvalue weighted by Crippen LogP contribution is 2.24. The molecule has 0 saturated carbocycles. The number of fused-ring (bicyclic) bond motifs is 1. The van der Waals surface area contributed by atoms with Crippen LogP contribution in [-0.2, 0) is 4.79 Å². The van der Waals surface area contributed by atoms with Gasteiger partial charge in [0, 0.05) is 18.1 Å². The van der Waals surface area contributed by atoms with Crippen LogP contribution < -0.4 is 0 Å². The molecule has 2 aromatic heterocycles. The number of hydrogen-bond donors (Lipinski definition) is 1. The van der Waals surface area contributed by atoms with Gasteiger partial charge in [0.1, 0.15) is 6.04 Å². The molecule has 26 heavy (non-hydrogen) atoms. The number of pyridine rings is 1. The molecule has 3 aromatic rings. The van der Waals surface area contributed by atoms with Crippen LogP contribution in [0.3, 0.4) is 0 Å². The molecule has 3 heterocycles. The summed E-state index contributed by atoms with van der Waals surface area (Å²) in [6.45, 7) is 2.17. The molecule has 0 aliphatic carbocycles. The number of carbonyl (C=O) groups excluding carboxylic acids is 1. The molecule has 1 N–H and O–H groups in total. The van der Waals surface area contributed by atoms with Crippen LogP contribution in [0, 0.1) is 6.92 Å². The number of carbonyl (C=O) groups is 2. The molecule has 8 nitrogen and oxygen atoms in total. The Labute approximate surface area is 149 Å². The van der Waals surface area contributed by atoms with Crippen LogP contribution in [0.2, 0.25) is 0 Å². The fraction of sp³-hybridized carbons (Fsp3) is 0.278. The van der Waals surface area contributed by atoms with Crippen molar-refractivity contribution >= 4 is 22.8 Å². The second kappa shape index (κ2) is 6.21. The van der Waals surface area contributed by atoms with Crippen molar-refractivity contribution in [2.75, 3.05) is 6.54 Å². The highest BCUT2D eigenvalue weighted by atomic mass is 16.4. The number of rotatable bonds is 3. The molecule has 1 fully saturated rings. The number of hydrogen-bond acceptors (Lipinski definition) is 5. The van der Waals surface area contributed by atoms with Crippen molar-refractivity contribution in [1.29, 1.82) is 0 Å². The summed E-state index contributed by atoms with van der Waals surface area (Å²) in [6.07, 6.45) is 2.83. The van der Waals surface area contributed by atoms with Gasteiger partial charge in [-0.2, -0.15) is 0 Å². The van der Waals surface area contributed by atoms with Crippen molar-refractivity contribution in [2.45, 2.75) is 25.8 Å². The van der Waals surface area contributed by atoms with Gasteiger partial charge in [-0.05, 0) is 31.9 Å². The van der Waals surface area contributed by atoms with Gasteiger partial charge in [0.15, 0.2) is 5.69 Å². The number of nitrogens with zero attached hydrogens (tertiary/aromatic N) is 5.